The van der Waals surface area contributed by atoms with Crippen LogP contribution in [0.4, 0.5) is 10.5 Å². The number of carbonyl (C=O) groups is 2. The second kappa shape index (κ2) is 9.46. The fraction of sp³-hybridized carbons (Fsp3) is 0.500. The third kappa shape index (κ3) is 5.36. The zero-order chi connectivity index (χ0) is 16.8. The highest BCUT2D eigenvalue weighted by Crippen LogP contribution is 2.12. The van der Waals surface area contributed by atoms with Crippen molar-refractivity contribution in [3.63, 3.8) is 0 Å². The first-order valence-electron chi connectivity index (χ1n) is 7.67. The summed E-state index contributed by atoms with van der Waals surface area (Å²) in [4.78, 5) is 27.7. The molecular weight excluding hydrogens is 332 g/mol. The summed E-state index contributed by atoms with van der Waals surface area (Å²) in [5, 5.41) is 2.88. The molecule has 3 amide bonds. The Balaban J connectivity index is 0.00000288. The molecule has 1 aromatic carbocycles. The first-order valence-corrected chi connectivity index (χ1v) is 7.67. The Morgan fingerprint density at radius 1 is 1.25 bits per heavy atom. The normalized spacial score (nSPS) is 15.5. The Labute approximate surface area is 148 Å². The monoisotopic (exact) mass is 356 g/mol. The van der Waals surface area contributed by atoms with Gasteiger partial charge in [-0.2, -0.15) is 0 Å². The molecule has 8 heteroatoms. The van der Waals surface area contributed by atoms with Gasteiger partial charge in [-0.25, -0.2) is 4.79 Å². The first kappa shape index (κ1) is 20.2. The number of halogens is 1. The van der Waals surface area contributed by atoms with Crippen LogP contribution in [0, 0.1) is 6.92 Å². The lowest BCUT2D eigenvalue weighted by Crippen LogP contribution is -2.55. The van der Waals surface area contributed by atoms with E-state index >= 15 is 0 Å². The van der Waals surface area contributed by atoms with E-state index in [9.17, 15) is 9.59 Å². The molecule has 1 unspecified atom stereocenters. The van der Waals surface area contributed by atoms with Crippen molar-refractivity contribution in [2.75, 3.05) is 45.2 Å². The average molecular weight is 357 g/mol. The van der Waals surface area contributed by atoms with Gasteiger partial charge in [0, 0.05) is 39.0 Å². The number of amides is 3. The van der Waals surface area contributed by atoms with Crippen LogP contribution in [0.5, 0.6) is 0 Å². The smallest absolute Gasteiger partial charge is 0.321 e. The van der Waals surface area contributed by atoms with Crippen molar-refractivity contribution in [2.45, 2.75) is 13.0 Å². The van der Waals surface area contributed by atoms with Crippen molar-refractivity contribution in [2.24, 2.45) is 5.73 Å². The number of urea groups is 1. The van der Waals surface area contributed by atoms with Crippen LogP contribution in [0.2, 0.25) is 0 Å². The lowest BCUT2D eigenvalue weighted by atomic mass is 10.2. The molecule has 2 rings (SSSR count). The number of hydrogen-bond donors (Lipinski definition) is 2. The Morgan fingerprint density at radius 3 is 2.46 bits per heavy atom. The van der Waals surface area contributed by atoms with E-state index in [4.69, 9.17) is 10.5 Å². The van der Waals surface area contributed by atoms with E-state index in [0.717, 1.165) is 11.3 Å². The standard InChI is InChI=1S/C16H24N4O3.ClH/c1-12-4-3-5-13(10-12)18-16(22)20-8-6-19(7-9-20)15(21)14(17)11-23-2;/h3-5,10,14H,6-9,11,17H2,1-2H3,(H,18,22);1H. The number of piperazine rings is 1. The van der Waals surface area contributed by atoms with Crippen LogP contribution in [0.3, 0.4) is 0 Å². The topological polar surface area (TPSA) is 87.9 Å². The third-order valence-corrected chi connectivity index (χ3v) is 3.81. The van der Waals surface area contributed by atoms with Gasteiger partial charge in [0.25, 0.3) is 0 Å². The van der Waals surface area contributed by atoms with Gasteiger partial charge in [-0.1, -0.05) is 12.1 Å². The second-order valence-electron chi connectivity index (χ2n) is 5.67. The Bertz CT molecular complexity index is 562. The van der Waals surface area contributed by atoms with Crippen LogP contribution < -0.4 is 11.1 Å². The number of nitrogens with zero attached hydrogens (tertiary/aromatic N) is 2. The molecule has 1 saturated heterocycles. The Kier molecular flexibility index (Phi) is 7.97. The molecule has 1 fully saturated rings. The molecule has 1 atom stereocenters. The number of nitrogens with two attached hydrogens (primary N) is 1. The van der Waals surface area contributed by atoms with Gasteiger partial charge in [0.2, 0.25) is 5.91 Å². The largest absolute Gasteiger partial charge is 0.383 e. The van der Waals surface area contributed by atoms with Gasteiger partial charge in [-0.3, -0.25) is 4.79 Å². The van der Waals surface area contributed by atoms with E-state index in [1.54, 1.807) is 9.80 Å². The van der Waals surface area contributed by atoms with Crippen molar-refractivity contribution in [3.8, 4) is 0 Å². The van der Waals surface area contributed by atoms with E-state index < -0.39 is 6.04 Å². The van der Waals surface area contributed by atoms with E-state index in [2.05, 4.69) is 5.32 Å². The molecule has 1 heterocycles. The molecule has 0 saturated carbocycles. The van der Waals surface area contributed by atoms with Gasteiger partial charge in [-0.05, 0) is 24.6 Å². The summed E-state index contributed by atoms with van der Waals surface area (Å²) in [6, 6.07) is 6.86. The fourth-order valence-electron chi connectivity index (χ4n) is 2.54. The van der Waals surface area contributed by atoms with Crippen LogP contribution in [0.25, 0.3) is 0 Å². The van der Waals surface area contributed by atoms with E-state index in [0.29, 0.717) is 26.2 Å². The molecule has 0 aliphatic carbocycles. The summed E-state index contributed by atoms with van der Waals surface area (Å²) in [5.41, 5.74) is 7.62. The number of anilines is 1. The number of benzene rings is 1. The number of rotatable bonds is 4. The van der Waals surface area contributed by atoms with Crippen molar-refractivity contribution < 1.29 is 14.3 Å². The molecule has 1 aliphatic rings. The molecule has 24 heavy (non-hydrogen) atoms. The van der Waals surface area contributed by atoms with Crippen molar-refractivity contribution >= 4 is 30.0 Å². The molecular formula is C16H25ClN4O3. The SMILES string of the molecule is COCC(N)C(=O)N1CCN(C(=O)Nc2cccc(C)c2)CC1.Cl. The lowest BCUT2D eigenvalue weighted by molar-refractivity contribution is -0.135. The molecule has 0 bridgehead atoms. The Morgan fingerprint density at radius 2 is 1.88 bits per heavy atom. The second-order valence-corrected chi connectivity index (χ2v) is 5.67. The lowest BCUT2D eigenvalue weighted by Gasteiger charge is -2.35. The van der Waals surface area contributed by atoms with Crippen LogP contribution in [-0.2, 0) is 9.53 Å². The summed E-state index contributed by atoms with van der Waals surface area (Å²) < 4.78 is 4.90. The van der Waals surface area contributed by atoms with Crippen molar-refractivity contribution in [1.29, 1.82) is 0 Å². The van der Waals surface area contributed by atoms with Gasteiger partial charge in [0.1, 0.15) is 6.04 Å². The molecule has 1 aliphatic heterocycles. The molecule has 1 aromatic rings. The maximum Gasteiger partial charge on any atom is 0.321 e. The highest BCUT2D eigenvalue weighted by atomic mass is 35.5. The minimum Gasteiger partial charge on any atom is -0.383 e. The minimum absolute atomic E-state index is 0. The van der Waals surface area contributed by atoms with Gasteiger partial charge >= 0.3 is 6.03 Å². The zero-order valence-corrected chi connectivity index (χ0v) is 14.8. The molecule has 0 radical (unpaired) electrons. The molecule has 134 valence electrons. The van der Waals surface area contributed by atoms with Crippen LogP contribution >= 0.6 is 12.4 Å². The number of ether oxygens (including phenoxy) is 1. The highest BCUT2D eigenvalue weighted by Gasteiger charge is 2.27. The van der Waals surface area contributed by atoms with Crippen molar-refractivity contribution in [3.05, 3.63) is 29.8 Å². The first-order chi connectivity index (χ1) is 11.0. The molecule has 3 N–H and O–H groups in total. The summed E-state index contributed by atoms with van der Waals surface area (Å²) in [7, 11) is 1.51. The van der Waals surface area contributed by atoms with Crippen LogP contribution in [0.1, 0.15) is 5.56 Å². The maximum absolute atomic E-state index is 12.3. The van der Waals surface area contributed by atoms with Crippen molar-refractivity contribution in [1.82, 2.24) is 9.80 Å². The molecule has 7 nitrogen and oxygen atoms in total. The number of methoxy groups -OCH3 is 1. The van der Waals surface area contributed by atoms with Gasteiger partial charge < -0.3 is 25.6 Å². The van der Waals surface area contributed by atoms with E-state index in [1.807, 2.05) is 31.2 Å². The Hall–Kier alpha value is -1.83. The maximum atomic E-state index is 12.3. The van der Waals surface area contributed by atoms with E-state index in [-0.39, 0.29) is 31.0 Å². The number of nitrogens with one attached hydrogen (secondary N) is 1. The minimum atomic E-state index is -0.646. The average Bonchev–Trinajstić information content (AvgIpc) is 2.54. The van der Waals surface area contributed by atoms with Gasteiger partial charge in [0.05, 0.1) is 6.61 Å². The molecule has 0 spiro atoms. The summed E-state index contributed by atoms with van der Waals surface area (Å²) in [6.45, 7) is 4.12. The summed E-state index contributed by atoms with van der Waals surface area (Å²) in [5.74, 6) is -0.134. The molecule has 0 aromatic heterocycles. The zero-order valence-electron chi connectivity index (χ0n) is 14.0. The number of aryl methyl sites for hydroxylation is 1. The summed E-state index contributed by atoms with van der Waals surface area (Å²) >= 11 is 0. The highest BCUT2D eigenvalue weighted by molar-refractivity contribution is 5.89. The van der Waals surface area contributed by atoms with Gasteiger partial charge in [0.15, 0.2) is 0 Å². The predicted octanol–water partition coefficient (Wildman–Crippen LogP) is 1.07. The quantitative estimate of drug-likeness (QED) is 0.844. The van der Waals surface area contributed by atoms with E-state index in [1.165, 1.54) is 7.11 Å². The summed E-state index contributed by atoms with van der Waals surface area (Å²) in [6.07, 6.45) is 0. The fourth-order valence-corrected chi connectivity index (χ4v) is 2.54. The van der Waals surface area contributed by atoms with Crippen LogP contribution in [0.15, 0.2) is 24.3 Å². The van der Waals surface area contributed by atoms with Crippen LogP contribution in [-0.4, -0.2) is 67.7 Å². The number of hydrogen-bond acceptors (Lipinski definition) is 4. The van der Waals surface area contributed by atoms with Gasteiger partial charge in [-0.15, -0.1) is 12.4 Å². The predicted molar refractivity (Wildman–Crippen MR) is 95.5 cm³/mol. The number of carbonyl (C=O) groups excluding carboxylic acids is 2. The third-order valence-electron chi connectivity index (χ3n) is 3.81.